The van der Waals surface area contributed by atoms with Crippen molar-refractivity contribution in [2.24, 2.45) is 0 Å². The van der Waals surface area contributed by atoms with E-state index >= 15 is 0 Å². The predicted molar refractivity (Wildman–Crippen MR) is 81.2 cm³/mol. The summed E-state index contributed by atoms with van der Waals surface area (Å²) in [5, 5.41) is 10.8. The number of nitriles is 1. The molecule has 1 saturated heterocycles. The van der Waals surface area contributed by atoms with E-state index in [9.17, 15) is 9.00 Å². The van der Waals surface area contributed by atoms with Crippen molar-refractivity contribution in [3.05, 3.63) is 29.8 Å². The van der Waals surface area contributed by atoms with Crippen LogP contribution in [0.1, 0.15) is 25.3 Å². The molecular formula is C15H18N2O3S. The van der Waals surface area contributed by atoms with E-state index in [1.54, 1.807) is 31.2 Å². The molecule has 0 spiro atoms. The summed E-state index contributed by atoms with van der Waals surface area (Å²) in [5.41, 5.74) is 1.13. The van der Waals surface area contributed by atoms with E-state index in [1.807, 2.05) is 6.07 Å². The summed E-state index contributed by atoms with van der Waals surface area (Å²) in [4.78, 5) is 12.1. The maximum absolute atomic E-state index is 12.2. The molecule has 0 aliphatic carbocycles. The first kappa shape index (κ1) is 15.7. The van der Waals surface area contributed by atoms with Gasteiger partial charge in [-0.2, -0.15) is 5.26 Å². The summed E-state index contributed by atoms with van der Waals surface area (Å²) in [5.74, 6) is 0.123. The van der Waals surface area contributed by atoms with Gasteiger partial charge >= 0.3 is 0 Å². The van der Waals surface area contributed by atoms with Crippen molar-refractivity contribution in [3.63, 3.8) is 0 Å². The van der Waals surface area contributed by atoms with Crippen molar-refractivity contribution in [1.82, 2.24) is 0 Å². The van der Waals surface area contributed by atoms with Crippen LogP contribution < -0.4 is 5.32 Å². The quantitative estimate of drug-likeness (QED) is 0.900. The zero-order chi connectivity index (χ0) is 15.2. The maximum atomic E-state index is 12.2. The Balaban J connectivity index is 1.88. The number of amides is 1. The Hall–Kier alpha value is -1.71. The molecule has 1 aliphatic rings. The molecule has 5 nitrogen and oxygen atoms in total. The molecule has 0 radical (unpaired) electrons. The molecule has 1 amide bonds. The SMILES string of the molecule is CC(C(=O)Nc1ccc(C#N)cc1)S(=O)CC1CCCO1. The summed E-state index contributed by atoms with van der Waals surface area (Å²) in [6.45, 7) is 2.37. The smallest absolute Gasteiger partial charge is 0.239 e. The molecule has 1 fully saturated rings. The number of anilines is 1. The Morgan fingerprint density at radius 2 is 2.24 bits per heavy atom. The molecule has 21 heavy (non-hydrogen) atoms. The third kappa shape index (κ3) is 4.38. The van der Waals surface area contributed by atoms with Crippen molar-refractivity contribution >= 4 is 22.4 Å². The number of hydrogen-bond acceptors (Lipinski definition) is 4. The fraction of sp³-hybridized carbons (Fsp3) is 0.467. The Morgan fingerprint density at radius 3 is 2.81 bits per heavy atom. The molecule has 1 aliphatic heterocycles. The lowest BCUT2D eigenvalue weighted by Crippen LogP contribution is -2.33. The Morgan fingerprint density at radius 1 is 1.52 bits per heavy atom. The zero-order valence-corrected chi connectivity index (χ0v) is 12.7. The van der Waals surface area contributed by atoms with Crippen molar-refractivity contribution in [1.29, 1.82) is 5.26 Å². The molecule has 1 N–H and O–H groups in total. The molecular weight excluding hydrogens is 288 g/mol. The van der Waals surface area contributed by atoms with Crippen molar-refractivity contribution in [2.45, 2.75) is 31.1 Å². The summed E-state index contributed by atoms with van der Waals surface area (Å²) >= 11 is 0. The second-order valence-electron chi connectivity index (χ2n) is 5.00. The zero-order valence-electron chi connectivity index (χ0n) is 11.9. The van der Waals surface area contributed by atoms with Gasteiger partial charge in [0.25, 0.3) is 0 Å². The van der Waals surface area contributed by atoms with Gasteiger partial charge in [0.1, 0.15) is 5.25 Å². The normalized spacial score (nSPS) is 20.5. The van der Waals surface area contributed by atoms with Crippen LogP contribution in [0.4, 0.5) is 5.69 Å². The molecule has 1 heterocycles. The number of ether oxygens (including phenoxy) is 1. The number of nitrogens with zero attached hydrogens (tertiary/aromatic N) is 1. The van der Waals surface area contributed by atoms with E-state index in [0.29, 0.717) is 23.6 Å². The summed E-state index contributed by atoms with van der Waals surface area (Å²) in [6, 6.07) is 8.59. The van der Waals surface area contributed by atoms with Crippen LogP contribution in [0, 0.1) is 11.3 Å². The molecule has 1 aromatic rings. The monoisotopic (exact) mass is 306 g/mol. The van der Waals surface area contributed by atoms with Crippen molar-refractivity contribution in [3.8, 4) is 6.07 Å². The van der Waals surface area contributed by atoms with Crippen LogP contribution in [-0.4, -0.2) is 33.8 Å². The van der Waals surface area contributed by atoms with E-state index in [0.717, 1.165) is 12.8 Å². The highest BCUT2D eigenvalue weighted by Gasteiger charge is 2.25. The van der Waals surface area contributed by atoms with Crippen LogP contribution in [-0.2, 0) is 20.3 Å². The molecule has 0 bridgehead atoms. The lowest BCUT2D eigenvalue weighted by Gasteiger charge is -2.14. The topological polar surface area (TPSA) is 79.2 Å². The Kier molecular flexibility index (Phi) is 5.48. The predicted octanol–water partition coefficient (Wildman–Crippen LogP) is 1.81. The standard InChI is InChI=1S/C15H18N2O3S/c1-11(21(19)10-14-3-2-8-20-14)15(18)17-13-6-4-12(9-16)5-7-13/h4-7,11,14H,2-3,8,10H2,1H3,(H,17,18). The Labute approximate surface area is 126 Å². The second kappa shape index (κ2) is 7.34. The minimum Gasteiger partial charge on any atom is -0.377 e. The number of carbonyl (C=O) groups excluding carboxylic acids is 1. The van der Waals surface area contributed by atoms with Gasteiger partial charge < -0.3 is 10.1 Å². The van der Waals surface area contributed by atoms with Gasteiger partial charge in [-0.25, -0.2) is 0 Å². The van der Waals surface area contributed by atoms with Crippen LogP contribution in [0.15, 0.2) is 24.3 Å². The third-order valence-electron chi connectivity index (χ3n) is 3.42. The van der Waals surface area contributed by atoms with E-state index in [-0.39, 0.29) is 12.0 Å². The van der Waals surface area contributed by atoms with Gasteiger partial charge in [-0.3, -0.25) is 9.00 Å². The minimum absolute atomic E-state index is 0.0102. The van der Waals surface area contributed by atoms with E-state index in [4.69, 9.17) is 10.00 Å². The largest absolute Gasteiger partial charge is 0.377 e. The summed E-state index contributed by atoms with van der Waals surface area (Å²) < 4.78 is 17.6. The first-order valence-electron chi connectivity index (χ1n) is 6.90. The summed E-state index contributed by atoms with van der Waals surface area (Å²) in [6.07, 6.45) is 1.92. The van der Waals surface area contributed by atoms with E-state index in [1.165, 1.54) is 0 Å². The van der Waals surface area contributed by atoms with Crippen LogP contribution in [0.3, 0.4) is 0 Å². The number of benzene rings is 1. The van der Waals surface area contributed by atoms with Gasteiger partial charge in [-0.15, -0.1) is 0 Å². The van der Waals surface area contributed by atoms with Crippen molar-refractivity contribution in [2.75, 3.05) is 17.7 Å². The maximum Gasteiger partial charge on any atom is 0.239 e. The first-order valence-corrected chi connectivity index (χ1v) is 8.28. The number of rotatable bonds is 5. The Bertz CT molecular complexity index is 559. The van der Waals surface area contributed by atoms with Gasteiger partial charge in [-0.05, 0) is 44.0 Å². The first-order chi connectivity index (χ1) is 10.1. The molecule has 1 aromatic carbocycles. The molecule has 2 rings (SSSR count). The van der Waals surface area contributed by atoms with Gasteiger partial charge in [0, 0.05) is 23.1 Å². The number of carbonyl (C=O) groups is 1. The fourth-order valence-electron chi connectivity index (χ4n) is 2.09. The summed E-state index contributed by atoms with van der Waals surface area (Å²) in [7, 11) is -1.25. The second-order valence-corrected chi connectivity index (χ2v) is 6.80. The lowest BCUT2D eigenvalue weighted by molar-refractivity contribution is -0.115. The molecule has 3 unspecified atom stereocenters. The average Bonchev–Trinajstić information content (AvgIpc) is 3.00. The average molecular weight is 306 g/mol. The molecule has 6 heteroatoms. The van der Waals surface area contributed by atoms with E-state index in [2.05, 4.69) is 5.32 Å². The minimum atomic E-state index is -1.25. The molecule has 3 atom stereocenters. The molecule has 0 saturated carbocycles. The fourth-order valence-corrected chi connectivity index (χ4v) is 3.31. The lowest BCUT2D eigenvalue weighted by atomic mass is 10.2. The number of nitrogens with one attached hydrogen (secondary N) is 1. The van der Waals surface area contributed by atoms with Crippen molar-refractivity contribution < 1.29 is 13.7 Å². The van der Waals surface area contributed by atoms with E-state index < -0.39 is 16.0 Å². The van der Waals surface area contributed by atoms with Gasteiger partial charge in [-0.1, -0.05) is 0 Å². The highest BCUT2D eigenvalue weighted by Crippen LogP contribution is 2.15. The van der Waals surface area contributed by atoms with Crippen LogP contribution in [0.25, 0.3) is 0 Å². The van der Waals surface area contributed by atoms with Crippen LogP contribution >= 0.6 is 0 Å². The van der Waals surface area contributed by atoms with Gasteiger partial charge in [0.15, 0.2) is 0 Å². The highest BCUT2D eigenvalue weighted by molar-refractivity contribution is 7.86. The van der Waals surface area contributed by atoms with Crippen LogP contribution in [0.5, 0.6) is 0 Å². The molecule has 112 valence electrons. The third-order valence-corrected chi connectivity index (χ3v) is 5.12. The van der Waals surface area contributed by atoms with Gasteiger partial charge in [0.05, 0.1) is 23.5 Å². The van der Waals surface area contributed by atoms with Gasteiger partial charge in [0.2, 0.25) is 5.91 Å². The number of hydrogen-bond donors (Lipinski definition) is 1. The molecule has 0 aromatic heterocycles. The van der Waals surface area contributed by atoms with Crippen LogP contribution in [0.2, 0.25) is 0 Å². The highest BCUT2D eigenvalue weighted by atomic mass is 32.2.